The van der Waals surface area contributed by atoms with Crippen molar-refractivity contribution >= 4 is 10.2 Å². The van der Waals surface area contributed by atoms with Crippen LogP contribution in [0.4, 0.5) is 0 Å². The van der Waals surface area contributed by atoms with Gasteiger partial charge in [0.1, 0.15) is 0 Å². The average Bonchev–Trinajstić information content (AvgIpc) is 2.62. The molecule has 0 saturated carbocycles. The fourth-order valence-corrected chi connectivity index (χ4v) is 2.99. The number of likely N-dealkylation sites (tertiary alicyclic amines) is 1. The van der Waals surface area contributed by atoms with Gasteiger partial charge in [0.25, 0.3) is 10.2 Å². The van der Waals surface area contributed by atoms with E-state index in [0.29, 0.717) is 6.54 Å². The molecule has 1 N–H and O–H groups in total. The molecular weight excluding hydrogens is 262 g/mol. The fourth-order valence-electron chi connectivity index (χ4n) is 2.33. The third-order valence-corrected chi connectivity index (χ3v) is 5.15. The monoisotopic (exact) mass is 291 g/mol. The van der Waals surface area contributed by atoms with E-state index in [1.165, 1.54) is 56.0 Å². The minimum absolute atomic E-state index is 0.542. The molecule has 1 fully saturated rings. The van der Waals surface area contributed by atoms with Gasteiger partial charge in [-0.2, -0.15) is 12.7 Å². The minimum Gasteiger partial charge on any atom is -0.303 e. The lowest BCUT2D eigenvalue weighted by Crippen LogP contribution is -2.36. The normalized spacial score (nSPS) is 18.7. The molecule has 0 atom stereocenters. The van der Waals surface area contributed by atoms with Gasteiger partial charge in [0, 0.05) is 20.6 Å². The molecule has 0 aromatic carbocycles. The summed E-state index contributed by atoms with van der Waals surface area (Å²) in [5, 5.41) is 0. The third-order valence-electron chi connectivity index (χ3n) is 3.61. The number of nitrogens with one attached hydrogen (secondary N) is 1. The van der Waals surface area contributed by atoms with E-state index >= 15 is 0 Å². The zero-order valence-corrected chi connectivity index (χ0v) is 13.2. The van der Waals surface area contributed by atoms with Crippen LogP contribution in [0.2, 0.25) is 0 Å². The number of rotatable bonds is 8. The maximum absolute atomic E-state index is 11.5. The Morgan fingerprint density at radius 2 is 1.63 bits per heavy atom. The second-order valence-corrected chi connectivity index (χ2v) is 7.47. The Hall–Kier alpha value is -0.170. The third kappa shape index (κ3) is 7.25. The van der Waals surface area contributed by atoms with E-state index in [2.05, 4.69) is 9.62 Å². The van der Waals surface area contributed by atoms with Gasteiger partial charge in [0.05, 0.1) is 0 Å². The summed E-state index contributed by atoms with van der Waals surface area (Å²) in [6.07, 6.45) is 8.61. The van der Waals surface area contributed by atoms with Crippen molar-refractivity contribution in [2.24, 2.45) is 0 Å². The Balaban J connectivity index is 2.02. The maximum atomic E-state index is 11.5. The van der Waals surface area contributed by atoms with Gasteiger partial charge in [-0.3, -0.25) is 0 Å². The molecule has 0 spiro atoms. The molecule has 114 valence electrons. The number of hydrogen-bond acceptors (Lipinski definition) is 3. The molecular formula is C13H29N3O2S. The standard InChI is InChI=1S/C13H29N3O2S/c1-15(2)19(17,18)14-10-6-5-9-13-16-11-7-3-4-8-12-16/h14H,3-13H2,1-2H3. The van der Waals surface area contributed by atoms with Crippen molar-refractivity contribution in [1.29, 1.82) is 0 Å². The summed E-state index contributed by atoms with van der Waals surface area (Å²) in [5.41, 5.74) is 0. The van der Waals surface area contributed by atoms with Crippen molar-refractivity contribution < 1.29 is 8.42 Å². The molecule has 0 aliphatic carbocycles. The highest BCUT2D eigenvalue weighted by Crippen LogP contribution is 2.10. The lowest BCUT2D eigenvalue weighted by molar-refractivity contribution is 0.278. The van der Waals surface area contributed by atoms with E-state index in [4.69, 9.17) is 0 Å². The van der Waals surface area contributed by atoms with Crippen LogP contribution in [-0.2, 0) is 10.2 Å². The summed E-state index contributed by atoms with van der Waals surface area (Å²) in [6, 6.07) is 0. The predicted molar refractivity (Wildman–Crippen MR) is 79.4 cm³/mol. The van der Waals surface area contributed by atoms with E-state index < -0.39 is 10.2 Å². The first-order valence-electron chi connectivity index (χ1n) is 7.42. The van der Waals surface area contributed by atoms with Crippen molar-refractivity contribution in [3.8, 4) is 0 Å². The first-order valence-corrected chi connectivity index (χ1v) is 8.86. The molecule has 5 nitrogen and oxygen atoms in total. The average molecular weight is 291 g/mol. The summed E-state index contributed by atoms with van der Waals surface area (Å²) >= 11 is 0. The second-order valence-electron chi connectivity index (χ2n) is 5.50. The van der Waals surface area contributed by atoms with Crippen molar-refractivity contribution in [2.75, 3.05) is 40.3 Å². The van der Waals surface area contributed by atoms with Crippen LogP contribution in [0.5, 0.6) is 0 Å². The van der Waals surface area contributed by atoms with Crippen LogP contribution in [0.1, 0.15) is 44.9 Å². The minimum atomic E-state index is -3.24. The van der Waals surface area contributed by atoms with Crippen LogP contribution < -0.4 is 4.72 Å². The van der Waals surface area contributed by atoms with Crippen molar-refractivity contribution in [3.63, 3.8) is 0 Å². The van der Waals surface area contributed by atoms with E-state index in [1.807, 2.05) is 0 Å². The Bertz CT molecular complexity index is 323. The molecule has 6 heteroatoms. The van der Waals surface area contributed by atoms with Gasteiger partial charge in [-0.25, -0.2) is 4.72 Å². The summed E-state index contributed by atoms with van der Waals surface area (Å²) in [4.78, 5) is 2.55. The quantitative estimate of drug-likeness (QED) is 0.688. The van der Waals surface area contributed by atoms with Crippen LogP contribution in [-0.4, -0.2) is 57.9 Å². The zero-order chi connectivity index (χ0) is 14.1. The molecule has 0 amide bonds. The van der Waals surface area contributed by atoms with Crippen molar-refractivity contribution in [3.05, 3.63) is 0 Å². The first-order chi connectivity index (χ1) is 9.02. The van der Waals surface area contributed by atoms with E-state index in [-0.39, 0.29) is 0 Å². The van der Waals surface area contributed by atoms with Crippen LogP contribution in [0.3, 0.4) is 0 Å². The molecule has 0 radical (unpaired) electrons. The fraction of sp³-hybridized carbons (Fsp3) is 1.00. The second kappa shape index (κ2) is 8.89. The zero-order valence-electron chi connectivity index (χ0n) is 12.4. The molecule has 0 unspecified atom stereocenters. The Labute approximate surface area is 118 Å². The van der Waals surface area contributed by atoms with Crippen LogP contribution >= 0.6 is 0 Å². The molecule has 1 rings (SSSR count). The van der Waals surface area contributed by atoms with Gasteiger partial charge in [0.2, 0.25) is 0 Å². The topological polar surface area (TPSA) is 52.7 Å². The smallest absolute Gasteiger partial charge is 0.278 e. The number of hydrogen-bond donors (Lipinski definition) is 1. The summed E-state index contributed by atoms with van der Waals surface area (Å²) in [6.45, 7) is 4.20. The van der Waals surface area contributed by atoms with Gasteiger partial charge in [-0.15, -0.1) is 0 Å². The van der Waals surface area contributed by atoms with Gasteiger partial charge >= 0.3 is 0 Å². The summed E-state index contributed by atoms with van der Waals surface area (Å²) in [5.74, 6) is 0. The summed E-state index contributed by atoms with van der Waals surface area (Å²) in [7, 11) is -0.151. The van der Waals surface area contributed by atoms with Crippen LogP contribution in [0, 0.1) is 0 Å². The SMILES string of the molecule is CN(C)S(=O)(=O)NCCCCCN1CCCCCC1. The lowest BCUT2D eigenvalue weighted by atomic mass is 10.2. The van der Waals surface area contributed by atoms with Gasteiger partial charge < -0.3 is 4.90 Å². The number of nitrogens with zero attached hydrogens (tertiary/aromatic N) is 2. The molecule has 0 aromatic heterocycles. The van der Waals surface area contributed by atoms with Gasteiger partial charge in [-0.05, 0) is 45.3 Å². The highest BCUT2D eigenvalue weighted by atomic mass is 32.2. The van der Waals surface area contributed by atoms with Crippen LogP contribution in [0.25, 0.3) is 0 Å². The van der Waals surface area contributed by atoms with E-state index in [0.717, 1.165) is 12.8 Å². The van der Waals surface area contributed by atoms with Gasteiger partial charge in [0.15, 0.2) is 0 Å². The Morgan fingerprint density at radius 1 is 1.00 bits per heavy atom. The van der Waals surface area contributed by atoms with Crippen LogP contribution in [0.15, 0.2) is 0 Å². The predicted octanol–water partition coefficient (Wildman–Crippen LogP) is 1.43. The molecule has 0 aromatic rings. The lowest BCUT2D eigenvalue weighted by Gasteiger charge is -2.19. The van der Waals surface area contributed by atoms with Crippen molar-refractivity contribution in [2.45, 2.75) is 44.9 Å². The molecule has 1 aliphatic rings. The van der Waals surface area contributed by atoms with Crippen molar-refractivity contribution in [1.82, 2.24) is 13.9 Å². The Morgan fingerprint density at radius 3 is 2.21 bits per heavy atom. The molecule has 19 heavy (non-hydrogen) atoms. The molecule has 0 bridgehead atoms. The Kier molecular flexibility index (Phi) is 7.90. The molecule has 1 aliphatic heterocycles. The molecule has 1 heterocycles. The number of unbranched alkanes of at least 4 members (excludes halogenated alkanes) is 2. The van der Waals surface area contributed by atoms with E-state index in [1.54, 1.807) is 14.1 Å². The van der Waals surface area contributed by atoms with Gasteiger partial charge in [-0.1, -0.05) is 19.3 Å². The first kappa shape index (κ1) is 16.9. The summed E-state index contributed by atoms with van der Waals surface area (Å²) < 4.78 is 26.7. The highest BCUT2D eigenvalue weighted by Gasteiger charge is 2.11. The maximum Gasteiger partial charge on any atom is 0.278 e. The highest BCUT2D eigenvalue weighted by molar-refractivity contribution is 7.87. The molecule has 1 saturated heterocycles. The largest absolute Gasteiger partial charge is 0.303 e. The van der Waals surface area contributed by atoms with E-state index in [9.17, 15) is 8.42 Å².